The number of hydrogen-bond donors (Lipinski definition) is 0. The number of carbonyl (C=O) groups excluding carboxylic acids is 3. The minimum absolute atomic E-state index is 0.103. The molecule has 1 saturated heterocycles. The average molecular weight is 387 g/mol. The number of Topliss-reactive ketones (excluding diaryl/α,β-unsaturated/α-hetero) is 1. The Hall–Kier alpha value is -3.21. The van der Waals surface area contributed by atoms with Crippen LogP contribution in [0.3, 0.4) is 0 Å². The Labute approximate surface area is 169 Å². The zero-order valence-corrected chi connectivity index (χ0v) is 16.1. The smallest absolute Gasteiger partial charge is 0.238 e. The Kier molecular flexibility index (Phi) is 4.12. The molecular formula is C24H21NO4. The maximum Gasteiger partial charge on any atom is 0.238 e. The second-order valence-corrected chi connectivity index (χ2v) is 8.09. The standard InChI is InChI=1S/C24H21NO4/c1-14-5-7-15(8-6-14)20(26)13-29-19-4-2-3-18(12-19)25-23(27)21-16-9-10-17(11-16)22(21)24(25)28/h2-10,12,16-17,21-22H,11,13H2,1H3/t16-,17-,21-,22+/m1/s1. The number of imide groups is 1. The van der Waals surface area contributed by atoms with Gasteiger partial charge in [-0.3, -0.25) is 14.4 Å². The first kappa shape index (κ1) is 17.9. The van der Waals surface area contributed by atoms with E-state index in [1.807, 2.05) is 19.1 Å². The maximum atomic E-state index is 13.0. The molecule has 0 N–H and O–H groups in total. The monoisotopic (exact) mass is 387 g/mol. The molecule has 2 fully saturated rings. The van der Waals surface area contributed by atoms with Crippen LogP contribution >= 0.6 is 0 Å². The lowest BCUT2D eigenvalue weighted by atomic mass is 9.85. The van der Waals surface area contributed by atoms with E-state index in [9.17, 15) is 14.4 Å². The molecule has 2 aromatic rings. The van der Waals surface area contributed by atoms with Gasteiger partial charge in [0.25, 0.3) is 0 Å². The summed E-state index contributed by atoms with van der Waals surface area (Å²) in [5.74, 6) is -0.0107. The van der Waals surface area contributed by atoms with Crippen LogP contribution in [0.15, 0.2) is 60.7 Å². The van der Waals surface area contributed by atoms with Crippen LogP contribution in [0.1, 0.15) is 22.3 Å². The highest BCUT2D eigenvalue weighted by Gasteiger charge is 2.59. The fourth-order valence-electron chi connectivity index (χ4n) is 4.84. The minimum atomic E-state index is -0.231. The van der Waals surface area contributed by atoms with Gasteiger partial charge >= 0.3 is 0 Å². The van der Waals surface area contributed by atoms with E-state index in [1.165, 1.54) is 4.90 Å². The number of hydrogen-bond acceptors (Lipinski definition) is 4. The third kappa shape index (κ3) is 2.89. The number of ether oxygens (including phenoxy) is 1. The summed E-state index contributed by atoms with van der Waals surface area (Å²) in [6.45, 7) is 1.86. The van der Waals surface area contributed by atoms with Crippen molar-refractivity contribution in [2.24, 2.45) is 23.7 Å². The highest BCUT2D eigenvalue weighted by atomic mass is 16.5. The van der Waals surface area contributed by atoms with E-state index in [0.29, 0.717) is 17.0 Å². The first-order valence-electron chi connectivity index (χ1n) is 9.92. The lowest BCUT2D eigenvalue weighted by Crippen LogP contribution is -2.32. The van der Waals surface area contributed by atoms with Gasteiger partial charge in [0.1, 0.15) is 5.75 Å². The second kappa shape index (κ2) is 6.69. The van der Waals surface area contributed by atoms with Crippen molar-refractivity contribution >= 4 is 23.3 Å². The van der Waals surface area contributed by atoms with Crippen LogP contribution in [0.4, 0.5) is 5.69 Å². The van der Waals surface area contributed by atoms with Gasteiger partial charge in [0.05, 0.1) is 17.5 Å². The number of fused-ring (bicyclic) bond motifs is 5. The van der Waals surface area contributed by atoms with Crippen molar-refractivity contribution in [2.75, 3.05) is 11.5 Å². The Balaban J connectivity index is 1.31. The van der Waals surface area contributed by atoms with Gasteiger partial charge in [0.15, 0.2) is 12.4 Å². The Morgan fingerprint density at radius 2 is 1.66 bits per heavy atom. The van der Waals surface area contributed by atoms with Crippen LogP contribution in [-0.2, 0) is 9.59 Å². The van der Waals surface area contributed by atoms with E-state index in [0.717, 1.165) is 12.0 Å². The molecule has 5 nitrogen and oxygen atoms in total. The van der Waals surface area contributed by atoms with Gasteiger partial charge in [-0.15, -0.1) is 0 Å². The van der Waals surface area contributed by atoms with E-state index in [-0.39, 0.29) is 47.9 Å². The number of benzene rings is 2. The third-order valence-electron chi connectivity index (χ3n) is 6.29. The molecule has 0 radical (unpaired) electrons. The van der Waals surface area contributed by atoms with Crippen LogP contribution in [0.2, 0.25) is 0 Å². The Morgan fingerprint density at radius 3 is 2.31 bits per heavy atom. The summed E-state index contributed by atoms with van der Waals surface area (Å²) in [5, 5.41) is 0. The molecule has 1 heterocycles. The van der Waals surface area contributed by atoms with E-state index >= 15 is 0 Å². The van der Waals surface area contributed by atoms with Gasteiger partial charge in [0.2, 0.25) is 11.8 Å². The number of aryl methyl sites for hydroxylation is 1. The highest BCUT2D eigenvalue weighted by molar-refractivity contribution is 6.22. The quantitative estimate of drug-likeness (QED) is 0.447. The number of nitrogens with zero attached hydrogens (tertiary/aromatic N) is 1. The summed E-state index contributed by atoms with van der Waals surface area (Å²) >= 11 is 0. The van der Waals surface area contributed by atoms with Gasteiger partial charge < -0.3 is 4.74 Å². The molecule has 1 aliphatic heterocycles. The number of anilines is 1. The van der Waals surface area contributed by atoms with Crippen LogP contribution in [0, 0.1) is 30.6 Å². The van der Waals surface area contributed by atoms with Crippen molar-refractivity contribution < 1.29 is 19.1 Å². The molecule has 29 heavy (non-hydrogen) atoms. The largest absolute Gasteiger partial charge is 0.485 e. The molecule has 0 aromatic heterocycles. The molecule has 5 rings (SSSR count). The molecule has 1 saturated carbocycles. The maximum absolute atomic E-state index is 13.0. The van der Waals surface area contributed by atoms with Crippen molar-refractivity contribution in [1.82, 2.24) is 0 Å². The number of allylic oxidation sites excluding steroid dienone is 2. The Morgan fingerprint density at radius 1 is 1.00 bits per heavy atom. The minimum Gasteiger partial charge on any atom is -0.485 e. The van der Waals surface area contributed by atoms with Crippen molar-refractivity contribution in [1.29, 1.82) is 0 Å². The van der Waals surface area contributed by atoms with E-state index in [1.54, 1.807) is 36.4 Å². The summed E-state index contributed by atoms with van der Waals surface area (Å²) in [5.41, 5.74) is 2.19. The molecule has 2 aromatic carbocycles. The third-order valence-corrected chi connectivity index (χ3v) is 6.29. The van der Waals surface area contributed by atoms with Crippen LogP contribution in [-0.4, -0.2) is 24.2 Å². The van der Waals surface area contributed by atoms with Crippen LogP contribution < -0.4 is 9.64 Å². The fourth-order valence-corrected chi connectivity index (χ4v) is 4.84. The zero-order valence-electron chi connectivity index (χ0n) is 16.1. The molecule has 146 valence electrons. The number of rotatable bonds is 5. The molecule has 5 heteroatoms. The van der Waals surface area contributed by atoms with Gasteiger partial charge in [0, 0.05) is 11.6 Å². The average Bonchev–Trinajstić information content (AvgIpc) is 3.41. The fraction of sp³-hybridized carbons (Fsp3) is 0.292. The first-order chi connectivity index (χ1) is 14.0. The molecule has 0 unspecified atom stereocenters. The molecule has 2 amide bonds. The summed E-state index contributed by atoms with van der Waals surface area (Å²) in [6, 6.07) is 14.2. The van der Waals surface area contributed by atoms with Gasteiger partial charge in [-0.1, -0.05) is 48.0 Å². The zero-order chi connectivity index (χ0) is 20.1. The molecule has 0 spiro atoms. The van der Waals surface area contributed by atoms with Crippen molar-refractivity contribution in [3.63, 3.8) is 0 Å². The van der Waals surface area contributed by atoms with Crippen LogP contribution in [0.25, 0.3) is 0 Å². The Bertz CT molecular complexity index is 1010. The first-order valence-corrected chi connectivity index (χ1v) is 9.92. The summed E-state index contributed by atoms with van der Waals surface area (Å²) in [7, 11) is 0. The molecule has 3 aliphatic rings. The van der Waals surface area contributed by atoms with Crippen molar-refractivity contribution in [2.45, 2.75) is 13.3 Å². The number of amides is 2. The lowest BCUT2D eigenvalue weighted by Gasteiger charge is -2.18. The predicted octanol–water partition coefficient (Wildman–Crippen LogP) is 3.57. The lowest BCUT2D eigenvalue weighted by molar-refractivity contribution is -0.123. The molecule has 2 aliphatic carbocycles. The van der Waals surface area contributed by atoms with Gasteiger partial charge in [-0.2, -0.15) is 0 Å². The van der Waals surface area contributed by atoms with Crippen molar-refractivity contribution in [3.8, 4) is 5.75 Å². The summed E-state index contributed by atoms with van der Waals surface area (Å²) < 4.78 is 5.66. The predicted molar refractivity (Wildman–Crippen MR) is 108 cm³/mol. The SMILES string of the molecule is Cc1ccc(C(=O)COc2cccc(N3C(=O)[C@@H]4[C@H](C3=O)[C@@H]3C=C[C@@H]4C3)c2)cc1. The number of carbonyl (C=O) groups is 3. The molecular weight excluding hydrogens is 366 g/mol. The second-order valence-electron chi connectivity index (χ2n) is 8.09. The molecule has 4 atom stereocenters. The normalized spacial score (nSPS) is 26.9. The van der Waals surface area contributed by atoms with Crippen molar-refractivity contribution in [3.05, 3.63) is 71.8 Å². The highest BCUT2D eigenvalue weighted by Crippen LogP contribution is 2.53. The van der Waals surface area contributed by atoms with E-state index in [2.05, 4.69) is 12.2 Å². The topological polar surface area (TPSA) is 63.7 Å². The molecule has 2 bridgehead atoms. The summed E-state index contributed by atoms with van der Waals surface area (Å²) in [6.07, 6.45) is 5.07. The number of ketones is 1. The van der Waals surface area contributed by atoms with Gasteiger partial charge in [-0.25, -0.2) is 4.90 Å². The van der Waals surface area contributed by atoms with E-state index in [4.69, 9.17) is 4.74 Å². The van der Waals surface area contributed by atoms with Gasteiger partial charge in [-0.05, 0) is 37.3 Å². The van der Waals surface area contributed by atoms with E-state index < -0.39 is 0 Å². The van der Waals surface area contributed by atoms with Crippen LogP contribution in [0.5, 0.6) is 5.75 Å². The summed E-state index contributed by atoms with van der Waals surface area (Å²) in [4.78, 5) is 39.5.